The van der Waals surface area contributed by atoms with Gasteiger partial charge in [0.1, 0.15) is 11.5 Å². The molecule has 3 rings (SSSR count). The van der Waals surface area contributed by atoms with Gasteiger partial charge in [-0.1, -0.05) is 34.8 Å². The number of nitrogens with zero attached hydrogens (tertiary/aromatic N) is 2. The molecule has 0 aliphatic heterocycles. The zero-order chi connectivity index (χ0) is 17.8. The van der Waals surface area contributed by atoms with E-state index in [0.29, 0.717) is 32.3 Å². The van der Waals surface area contributed by atoms with Crippen molar-refractivity contribution in [3.63, 3.8) is 0 Å². The van der Waals surface area contributed by atoms with E-state index in [9.17, 15) is 4.79 Å². The summed E-state index contributed by atoms with van der Waals surface area (Å²) >= 11 is 17.6. The monoisotopic (exact) mass is 392 g/mol. The Labute approximate surface area is 159 Å². The Hall–Kier alpha value is -2.34. The minimum Gasteiger partial charge on any atom is -0.339 e. The van der Waals surface area contributed by atoms with Crippen LogP contribution in [0.2, 0.25) is 15.1 Å². The maximum absolute atomic E-state index is 12.2. The number of halogens is 3. The van der Waals surface area contributed by atoms with Crippen molar-refractivity contribution in [2.75, 3.05) is 10.6 Å². The lowest BCUT2D eigenvalue weighted by Gasteiger charge is -2.08. The van der Waals surface area contributed by atoms with Crippen molar-refractivity contribution in [3.8, 4) is 0 Å². The molecule has 0 aliphatic rings. The van der Waals surface area contributed by atoms with E-state index in [1.165, 1.54) is 12.4 Å². The fourth-order valence-corrected chi connectivity index (χ4v) is 2.38. The Morgan fingerprint density at radius 3 is 2.20 bits per heavy atom. The van der Waals surface area contributed by atoms with Crippen LogP contribution in [0.25, 0.3) is 0 Å². The number of carbonyl (C=O) groups is 1. The van der Waals surface area contributed by atoms with E-state index < -0.39 is 0 Å². The van der Waals surface area contributed by atoms with Crippen LogP contribution in [0.15, 0.2) is 54.9 Å². The number of rotatable bonds is 4. The Morgan fingerprint density at radius 1 is 0.840 bits per heavy atom. The lowest BCUT2D eigenvalue weighted by Crippen LogP contribution is -2.14. The first-order valence-electron chi connectivity index (χ1n) is 7.12. The maximum Gasteiger partial charge on any atom is 0.275 e. The van der Waals surface area contributed by atoms with E-state index in [4.69, 9.17) is 34.8 Å². The van der Waals surface area contributed by atoms with Gasteiger partial charge in [0.15, 0.2) is 0 Å². The molecule has 1 aromatic heterocycles. The quantitative estimate of drug-likeness (QED) is 0.620. The molecule has 0 radical (unpaired) electrons. The van der Waals surface area contributed by atoms with Crippen LogP contribution in [-0.2, 0) is 0 Å². The number of carbonyl (C=O) groups excluding carboxylic acids is 1. The zero-order valence-corrected chi connectivity index (χ0v) is 14.9. The molecule has 1 amide bonds. The molecule has 2 N–H and O–H groups in total. The number of hydrogen-bond acceptors (Lipinski definition) is 4. The normalized spacial score (nSPS) is 10.4. The number of aromatic nitrogens is 2. The minimum absolute atomic E-state index is 0.189. The molecule has 0 spiro atoms. The Kier molecular flexibility index (Phi) is 5.38. The van der Waals surface area contributed by atoms with Crippen molar-refractivity contribution in [2.24, 2.45) is 0 Å². The van der Waals surface area contributed by atoms with Crippen molar-refractivity contribution < 1.29 is 4.79 Å². The van der Waals surface area contributed by atoms with Crippen LogP contribution >= 0.6 is 34.8 Å². The second-order valence-corrected chi connectivity index (χ2v) is 6.25. The highest BCUT2D eigenvalue weighted by molar-refractivity contribution is 6.42. The van der Waals surface area contributed by atoms with Gasteiger partial charge in [-0.05, 0) is 42.5 Å². The number of amides is 1. The molecule has 0 aliphatic carbocycles. The van der Waals surface area contributed by atoms with E-state index in [0.717, 1.165) is 0 Å². The van der Waals surface area contributed by atoms with Crippen LogP contribution in [-0.4, -0.2) is 15.9 Å². The summed E-state index contributed by atoms with van der Waals surface area (Å²) in [6, 6.07) is 11.9. The predicted molar refractivity (Wildman–Crippen MR) is 101 cm³/mol. The molecule has 5 nitrogen and oxygen atoms in total. The summed E-state index contributed by atoms with van der Waals surface area (Å²) in [6.45, 7) is 0. The van der Waals surface area contributed by atoms with Crippen LogP contribution in [0.5, 0.6) is 0 Å². The van der Waals surface area contributed by atoms with Gasteiger partial charge in [0.05, 0.1) is 22.4 Å². The SMILES string of the molecule is O=C(Nc1ccc(Cl)cc1)c1cnc(Nc2ccc(Cl)c(Cl)c2)cn1. The maximum atomic E-state index is 12.2. The fourth-order valence-electron chi connectivity index (χ4n) is 1.96. The number of benzene rings is 2. The highest BCUT2D eigenvalue weighted by atomic mass is 35.5. The van der Waals surface area contributed by atoms with Gasteiger partial charge >= 0.3 is 0 Å². The van der Waals surface area contributed by atoms with Gasteiger partial charge in [0, 0.05) is 16.4 Å². The van der Waals surface area contributed by atoms with Gasteiger partial charge in [-0.25, -0.2) is 9.97 Å². The van der Waals surface area contributed by atoms with Crippen LogP contribution < -0.4 is 10.6 Å². The highest BCUT2D eigenvalue weighted by Gasteiger charge is 2.09. The predicted octanol–water partition coefficient (Wildman–Crippen LogP) is 5.43. The summed E-state index contributed by atoms with van der Waals surface area (Å²) in [4.78, 5) is 20.4. The molecule has 126 valence electrons. The average Bonchev–Trinajstić information content (AvgIpc) is 2.61. The van der Waals surface area contributed by atoms with Crippen LogP contribution in [0.4, 0.5) is 17.2 Å². The van der Waals surface area contributed by atoms with Gasteiger partial charge in [0.25, 0.3) is 5.91 Å². The smallest absolute Gasteiger partial charge is 0.275 e. The lowest BCUT2D eigenvalue weighted by atomic mass is 10.3. The average molecular weight is 394 g/mol. The van der Waals surface area contributed by atoms with Crippen LogP contribution in [0.3, 0.4) is 0 Å². The molecule has 8 heteroatoms. The van der Waals surface area contributed by atoms with Crippen LogP contribution in [0, 0.1) is 0 Å². The van der Waals surface area contributed by atoms with Gasteiger partial charge in [0.2, 0.25) is 0 Å². The molecule has 0 saturated heterocycles. The summed E-state index contributed by atoms with van der Waals surface area (Å²) in [5.41, 5.74) is 1.52. The molecule has 0 saturated carbocycles. The summed E-state index contributed by atoms with van der Waals surface area (Å²) < 4.78 is 0. The van der Waals surface area contributed by atoms with Crippen molar-refractivity contribution in [3.05, 3.63) is 75.6 Å². The molecule has 25 heavy (non-hydrogen) atoms. The molecule has 2 aromatic carbocycles. The second-order valence-electron chi connectivity index (χ2n) is 5.00. The van der Waals surface area contributed by atoms with E-state index >= 15 is 0 Å². The first-order chi connectivity index (χ1) is 12.0. The first kappa shape index (κ1) is 17.5. The van der Waals surface area contributed by atoms with Crippen molar-refractivity contribution >= 4 is 57.9 Å². The lowest BCUT2D eigenvalue weighted by molar-refractivity contribution is 0.102. The Bertz CT molecular complexity index is 899. The van der Waals surface area contributed by atoms with E-state index in [2.05, 4.69) is 20.6 Å². The Morgan fingerprint density at radius 2 is 1.56 bits per heavy atom. The number of nitrogens with one attached hydrogen (secondary N) is 2. The van der Waals surface area contributed by atoms with E-state index in [-0.39, 0.29) is 11.6 Å². The van der Waals surface area contributed by atoms with E-state index in [1.54, 1.807) is 42.5 Å². The highest BCUT2D eigenvalue weighted by Crippen LogP contribution is 2.26. The summed E-state index contributed by atoms with van der Waals surface area (Å²) in [6.07, 6.45) is 2.84. The summed E-state index contributed by atoms with van der Waals surface area (Å²) in [5, 5.41) is 7.23. The van der Waals surface area contributed by atoms with Crippen molar-refractivity contribution in [1.82, 2.24) is 9.97 Å². The largest absolute Gasteiger partial charge is 0.339 e. The molecule has 0 unspecified atom stereocenters. The standard InChI is InChI=1S/C17H11Cl3N4O/c18-10-1-3-11(4-2-10)24-17(25)15-8-22-16(9-21-15)23-12-5-6-13(19)14(20)7-12/h1-9H,(H,22,23)(H,24,25). The van der Waals surface area contributed by atoms with E-state index in [1.807, 2.05) is 0 Å². The number of hydrogen-bond donors (Lipinski definition) is 2. The van der Waals surface area contributed by atoms with Crippen molar-refractivity contribution in [2.45, 2.75) is 0 Å². The molecule has 0 fully saturated rings. The molecule has 0 atom stereocenters. The topological polar surface area (TPSA) is 66.9 Å². The summed E-state index contributed by atoms with van der Waals surface area (Å²) in [5.74, 6) is 0.109. The molecule has 3 aromatic rings. The van der Waals surface area contributed by atoms with Gasteiger partial charge in [-0.3, -0.25) is 4.79 Å². The third-order valence-corrected chi connectivity index (χ3v) is 4.17. The third-order valence-electron chi connectivity index (χ3n) is 3.18. The van der Waals surface area contributed by atoms with Gasteiger partial charge < -0.3 is 10.6 Å². The second kappa shape index (κ2) is 7.70. The van der Waals surface area contributed by atoms with Crippen LogP contribution in [0.1, 0.15) is 10.5 Å². The zero-order valence-electron chi connectivity index (χ0n) is 12.6. The number of anilines is 3. The molecular formula is C17H11Cl3N4O. The minimum atomic E-state index is -0.365. The van der Waals surface area contributed by atoms with Gasteiger partial charge in [-0.15, -0.1) is 0 Å². The van der Waals surface area contributed by atoms with Crippen molar-refractivity contribution in [1.29, 1.82) is 0 Å². The van der Waals surface area contributed by atoms with Gasteiger partial charge in [-0.2, -0.15) is 0 Å². The first-order valence-corrected chi connectivity index (χ1v) is 8.26. The Balaban J connectivity index is 1.67. The molecular weight excluding hydrogens is 383 g/mol. The molecule has 1 heterocycles. The fraction of sp³-hybridized carbons (Fsp3) is 0. The molecule has 0 bridgehead atoms. The summed E-state index contributed by atoms with van der Waals surface area (Å²) in [7, 11) is 0. The third kappa shape index (κ3) is 4.60.